The van der Waals surface area contributed by atoms with Crippen LogP contribution in [0.1, 0.15) is 38.1 Å². The van der Waals surface area contributed by atoms with Crippen LogP contribution in [0, 0.1) is 10.1 Å². The highest BCUT2D eigenvalue weighted by Crippen LogP contribution is 2.36. The number of nitro benzene ring substituents is 1. The third-order valence-corrected chi connectivity index (χ3v) is 4.92. The molecule has 1 aliphatic rings. The molecule has 1 atom stereocenters. The number of hydrogen-bond acceptors (Lipinski definition) is 8. The summed E-state index contributed by atoms with van der Waals surface area (Å²) in [4.78, 5) is 34.5. The van der Waals surface area contributed by atoms with Crippen molar-refractivity contribution in [3.63, 3.8) is 0 Å². The van der Waals surface area contributed by atoms with Gasteiger partial charge in [-0.05, 0) is 39.2 Å². The zero-order valence-corrected chi connectivity index (χ0v) is 16.5. The number of methoxy groups -OCH3 is 1. The Morgan fingerprint density at radius 1 is 1.25 bits per heavy atom. The van der Waals surface area contributed by atoms with Crippen molar-refractivity contribution in [2.24, 2.45) is 5.73 Å². The van der Waals surface area contributed by atoms with Crippen LogP contribution in [0.15, 0.2) is 18.2 Å². The number of rotatable bonds is 6. The molecule has 1 saturated heterocycles. The lowest BCUT2D eigenvalue weighted by Crippen LogP contribution is -2.43. The van der Waals surface area contributed by atoms with Gasteiger partial charge >= 0.3 is 13.1 Å². The number of non-ortho nitro benzene ring substituents is 1. The number of nitrogens with one attached hydrogen (secondary N) is 1. The number of benzene rings is 1. The molecule has 0 bridgehead atoms. The van der Waals surface area contributed by atoms with Gasteiger partial charge < -0.3 is 25.1 Å². The van der Waals surface area contributed by atoms with Gasteiger partial charge in [0.1, 0.15) is 6.04 Å². The SMILES string of the molecule is COC(=O)C(N)CNC(=O)c1cc(B2OC(C)(C)C(C)(C)O2)cc([N+](=O)[O-])c1. The second-order valence-electron chi connectivity index (χ2n) is 7.50. The smallest absolute Gasteiger partial charge is 0.468 e. The lowest BCUT2D eigenvalue weighted by atomic mass is 9.78. The van der Waals surface area contributed by atoms with E-state index in [1.54, 1.807) is 0 Å². The summed E-state index contributed by atoms with van der Waals surface area (Å²) >= 11 is 0. The molecule has 1 unspecified atom stereocenters. The number of nitro groups is 1. The van der Waals surface area contributed by atoms with Crippen molar-refractivity contribution in [1.29, 1.82) is 0 Å². The molecular formula is C17H24BN3O7. The van der Waals surface area contributed by atoms with Gasteiger partial charge in [-0.15, -0.1) is 0 Å². The lowest BCUT2D eigenvalue weighted by Gasteiger charge is -2.32. The van der Waals surface area contributed by atoms with Crippen molar-refractivity contribution < 1.29 is 28.6 Å². The summed E-state index contributed by atoms with van der Waals surface area (Å²) in [5.41, 5.74) is 4.39. The lowest BCUT2D eigenvalue weighted by molar-refractivity contribution is -0.384. The Bertz CT molecular complexity index is 781. The van der Waals surface area contributed by atoms with Crippen molar-refractivity contribution in [3.8, 4) is 0 Å². The Morgan fingerprint density at radius 3 is 2.32 bits per heavy atom. The summed E-state index contributed by atoms with van der Waals surface area (Å²) in [5.74, 6) is -1.31. The normalized spacial score (nSPS) is 18.4. The highest BCUT2D eigenvalue weighted by atomic mass is 16.7. The number of carbonyl (C=O) groups excluding carboxylic acids is 2. The van der Waals surface area contributed by atoms with E-state index in [2.05, 4.69) is 10.1 Å². The largest absolute Gasteiger partial charge is 0.495 e. The fourth-order valence-electron chi connectivity index (χ4n) is 2.53. The first kappa shape index (κ1) is 21.8. The molecule has 10 nitrogen and oxygen atoms in total. The fourth-order valence-corrected chi connectivity index (χ4v) is 2.53. The minimum Gasteiger partial charge on any atom is -0.468 e. The Balaban J connectivity index is 2.28. The summed E-state index contributed by atoms with van der Waals surface area (Å²) in [6, 6.07) is 2.84. The number of amides is 1. The summed E-state index contributed by atoms with van der Waals surface area (Å²) in [6.07, 6.45) is 0. The average molecular weight is 393 g/mol. The van der Waals surface area contributed by atoms with Crippen LogP contribution >= 0.6 is 0 Å². The van der Waals surface area contributed by atoms with Gasteiger partial charge in [-0.1, -0.05) is 0 Å². The second-order valence-corrected chi connectivity index (χ2v) is 7.50. The van der Waals surface area contributed by atoms with Crippen LogP contribution in [-0.4, -0.2) is 54.8 Å². The van der Waals surface area contributed by atoms with Crippen LogP contribution in [0.25, 0.3) is 0 Å². The second kappa shape index (κ2) is 7.86. The van der Waals surface area contributed by atoms with Crippen LogP contribution in [-0.2, 0) is 18.8 Å². The van der Waals surface area contributed by atoms with Crippen molar-refractivity contribution in [2.45, 2.75) is 44.9 Å². The molecule has 0 spiro atoms. The van der Waals surface area contributed by atoms with E-state index in [-0.39, 0.29) is 17.8 Å². The average Bonchev–Trinajstić information content (AvgIpc) is 2.85. The van der Waals surface area contributed by atoms with Gasteiger partial charge in [0.05, 0.1) is 23.2 Å². The third-order valence-electron chi connectivity index (χ3n) is 4.92. The zero-order chi connectivity index (χ0) is 21.3. The molecule has 152 valence electrons. The van der Waals surface area contributed by atoms with Gasteiger partial charge in [0, 0.05) is 24.2 Å². The van der Waals surface area contributed by atoms with Crippen LogP contribution < -0.4 is 16.5 Å². The molecule has 1 aromatic rings. The van der Waals surface area contributed by atoms with Gasteiger partial charge in [-0.2, -0.15) is 0 Å². The molecule has 1 amide bonds. The molecule has 1 heterocycles. The van der Waals surface area contributed by atoms with E-state index >= 15 is 0 Å². The number of carbonyl (C=O) groups is 2. The van der Waals surface area contributed by atoms with Crippen LogP contribution in [0.4, 0.5) is 5.69 Å². The van der Waals surface area contributed by atoms with Crippen LogP contribution in [0.2, 0.25) is 0 Å². The zero-order valence-electron chi connectivity index (χ0n) is 16.5. The minimum absolute atomic E-state index is 0.0241. The summed E-state index contributed by atoms with van der Waals surface area (Å²) < 4.78 is 16.3. The van der Waals surface area contributed by atoms with E-state index in [0.29, 0.717) is 5.46 Å². The monoisotopic (exact) mass is 393 g/mol. The fraction of sp³-hybridized carbons (Fsp3) is 0.529. The molecule has 28 heavy (non-hydrogen) atoms. The van der Waals surface area contributed by atoms with Gasteiger partial charge in [-0.3, -0.25) is 19.7 Å². The van der Waals surface area contributed by atoms with Crippen molar-refractivity contribution >= 4 is 30.1 Å². The number of ether oxygens (including phenoxy) is 1. The molecule has 0 radical (unpaired) electrons. The number of hydrogen-bond donors (Lipinski definition) is 2. The number of nitrogens with two attached hydrogens (primary N) is 1. The highest BCUT2D eigenvalue weighted by Gasteiger charge is 2.52. The first-order chi connectivity index (χ1) is 12.9. The molecule has 11 heteroatoms. The predicted octanol–water partition coefficient (Wildman–Crippen LogP) is 0.124. The Morgan fingerprint density at radius 2 is 1.82 bits per heavy atom. The highest BCUT2D eigenvalue weighted by molar-refractivity contribution is 6.62. The topological polar surface area (TPSA) is 143 Å². The first-order valence-electron chi connectivity index (χ1n) is 8.64. The molecule has 1 aromatic carbocycles. The quantitative estimate of drug-likeness (QED) is 0.300. The maximum atomic E-state index is 12.4. The molecule has 0 aromatic heterocycles. The van der Waals surface area contributed by atoms with E-state index in [1.165, 1.54) is 19.2 Å². The molecule has 3 N–H and O–H groups in total. The van der Waals surface area contributed by atoms with E-state index in [9.17, 15) is 19.7 Å². The number of nitrogens with zero attached hydrogens (tertiary/aromatic N) is 1. The third kappa shape index (κ3) is 4.49. The number of esters is 1. The summed E-state index contributed by atoms with van der Waals surface area (Å²) in [5, 5.41) is 13.8. The Hall–Kier alpha value is -2.50. The van der Waals surface area contributed by atoms with Gasteiger partial charge in [0.25, 0.3) is 11.6 Å². The van der Waals surface area contributed by atoms with E-state index in [4.69, 9.17) is 15.0 Å². The molecule has 2 rings (SSSR count). The van der Waals surface area contributed by atoms with E-state index in [1.807, 2.05) is 27.7 Å². The Labute approximate surface area is 163 Å². The van der Waals surface area contributed by atoms with E-state index in [0.717, 1.165) is 6.07 Å². The van der Waals surface area contributed by atoms with Gasteiger partial charge in [0.15, 0.2) is 0 Å². The molecule has 0 saturated carbocycles. The first-order valence-corrected chi connectivity index (χ1v) is 8.64. The maximum absolute atomic E-state index is 12.4. The summed E-state index contributed by atoms with van der Waals surface area (Å²) in [7, 11) is 0.315. The van der Waals surface area contributed by atoms with E-state index < -0.39 is 41.2 Å². The molecule has 1 aliphatic heterocycles. The Kier molecular flexibility index (Phi) is 6.12. The van der Waals surface area contributed by atoms with Crippen molar-refractivity contribution in [2.75, 3.05) is 13.7 Å². The minimum atomic E-state index is -1.05. The van der Waals surface area contributed by atoms with Gasteiger partial charge in [-0.25, -0.2) is 0 Å². The van der Waals surface area contributed by atoms with Gasteiger partial charge in [0.2, 0.25) is 0 Å². The molecular weight excluding hydrogens is 369 g/mol. The van der Waals surface area contributed by atoms with Crippen molar-refractivity contribution in [1.82, 2.24) is 5.32 Å². The summed E-state index contributed by atoms with van der Waals surface area (Å²) in [6.45, 7) is 7.23. The van der Waals surface area contributed by atoms with Crippen LogP contribution in [0.3, 0.4) is 0 Å². The van der Waals surface area contributed by atoms with Crippen molar-refractivity contribution in [3.05, 3.63) is 33.9 Å². The maximum Gasteiger partial charge on any atom is 0.495 e. The van der Waals surface area contributed by atoms with Crippen LogP contribution in [0.5, 0.6) is 0 Å². The standard InChI is InChI=1S/C17H24BN3O7/c1-16(2)17(3,4)28-18(27-16)11-6-10(7-12(8-11)21(24)25)14(22)20-9-13(19)15(23)26-5/h6-8,13H,9,19H2,1-5H3,(H,20,22). The molecule has 1 fully saturated rings. The predicted molar refractivity (Wildman–Crippen MR) is 101 cm³/mol. The molecule has 0 aliphatic carbocycles.